The van der Waals surface area contributed by atoms with Gasteiger partial charge in [-0.3, -0.25) is 4.79 Å². The molecule has 2 N–H and O–H groups in total. The lowest BCUT2D eigenvalue weighted by atomic mass is 9.98. The average Bonchev–Trinajstić information content (AvgIpc) is 3.46. The third kappa shape index (κ3) is 4.17. The highest BCUT2D eigenvalue weighted by Crippen LogP contribution is 2.30. The zero-order valence-electron chi connectivity index (χ0n) is 18.3. The van der Waals surface area contributed by atoms with Gasteiger partial charge in [-0.15, -0.1) is 5.10 Å². The van der Waals surface area contributed by atoms with Crippen LogP contribution in [0.15, 0.2) is 53.5 Å². The summed E-state index contributed by atoms with van der Waals surface area (Å²) in [6, 6.07) is 16.4. The Balaban J connectivity index is 1.47. The number of tetrazole rings is 1. The summed E-state index contributed by atoms with van der Waals surface area (Å²) in [4.78, 5) is 21.6. The van der Waals surface area contributed by atoms with E-state index in [0.717, 1.165) is 47.3 Å². The molecule has 5 rings (SSSR count). The molecule has 0 unspecified atom stereocenters. The first-order chi connectivity index (χ1) is 16.2. The fourth-order valence-corrected chi connectivity index (χ4v) is 4.01. The van der Waals surface area contributed by atoms with E-state index in [-0.39, 0.29) is 5.91 Å². The first-order valence-corrected chi connectivity index (χ1v) is 11.1. The number of fused-ring (bicyclic) bond motifs is 1. The number of hydrogen-bond donors (Lipinski definition) is 2. The van der Waals surface area contributed by atoms with Gasteiger partial charge < -0.3 is 9.88 Å². The molecule has 2 aromatic carbocycles. The predicted molar refractivity (Wildman–Crippen MR) is 125 cm³/mol. The Morgan fingerprint density at radius 2 is 1.88 bits per heavy atom. The number of benzene rings is 2. The molecule has 0 atom stereocenters. The number of rotatable bonds is 7. The van der Waals surface area contributed by atoms with Crippen LogP contribution in [0.1, 0.15) is 41.6 Å². The van der Waals surface area contributed by atoms with E-state index in [2.05, 4.69) is 77.7 Å². The number of nitrogens with zero attached hydrogens (tertiary/aromatic N) is 6. The fourth-order valence-electron chi connectivity index (χ4n) is 4.01. The highest BCUT2D eigenvalue weighted by Gasteiger charge is 2.23. The van der Waals surface area contributed by atoms with E-state index in [4.69, 9.17) is 0 Å². The van der Waals surface area contributed by atoms with Crippen molar-refractivity contribution < 1.29 is 4.79 Å². The normalized spacial score (nSPS) is 12.9. The SMILES string of the molecule is CCCCc1nc2c(n1Cc1ccc(-c3ccccc3-c3nnn[nH]3)cc1)N=CCNC2=O. The van der Waals surface area contributed by atoms with Gasteiger partial charge in [-0.2, -0.15) is 0 Å². The molecular formula is C24H24N8O. The van der Waals surface area contributed by atoms with Gasteiger partial charge in [0.1, 0.15) is 5.82 Å². The van der Waals surface area contributed by atoms with Crippen LogP contribution in [-0.2, 0) is 13.0 Å². The van der Waals surface area contributed by atoms with Crippen LogP contribution in [0.25, 0.3) is 22.5 Å². The molecule has 1 aliphatic rings. The highest BCUT2D eigenvalue weighted by molar-refractivity contribution is 5.99. The van der Waals surface area contributed by atoms with Crippen LogP contribution in [0, 0.1) is 0 Å². The number of carbonyl (C=O) groups excluding carboxylic acids is 1. The van der Waals surface area contributed by atoms with Crippen molar-refractivity contribution in [1.82, 2.24) is 35.5 Å². The minimum Gasteiger partial charge on any atom is -0.346 e. The van der Waals surface area contributed by atoms with Crippen LogP contribution in [0.4, 0.5) is 5.82 Å². The van der Waals surface area contributed by atoms with Crippen LogP contribution in [-0.4, -0.2) is 48.8 Å². The molecule has 9 heteroatoms. The molecule has 9 nitrogen and oxygen atoms in total. The maximum atomic E-state index is 12.4. The average molecular weight is 441 g/mol. The topological polar surface area (TPSA) is 114 Å². The second-order valence-corrected chi connectivity index (χ2v) is 7.90. The number of imidazole rings is 1. The number of hydrogen-bond acceptors (Lipinski definition) is 6. The van der Waals surface area contributed by atoms with Crippen molar-refractivity contribution in [1.29, 1.82) is 0 Å². The molecule has 0 bridgehead atoms. The first-order valence-electron chi connectivity index (χ1n) is 11.1. The van der Waals surface area contributed by atoms with E-state index in [1.54, 1.807) is 6.21 Å². The zero-order chi connectivity index (χ0) is 22.6. The second kappa shape index (κ2) is 9.15. The Hall–Kier alpha value is -4.14. The number of aromatic amines is 1. The van der Waals surface area contributed by atoms with Crippen molar-refractivity contribution in [2.45, 2.75) is 32.7 Å². The Morgan fingerprint density at radius 3 is 2.64 bits per heavy atom. The van der Waals surface area contributed by atoms with Crippen molar-refractivity contribution in [2.24, 2.45) is 4.99 Å². The van der Waals surface area contributed by atoms with Crippen LogP contribution >= 0.6 is 0 Å². The standard InChI is InChI=1S/C24H24N8O/c1-2-3-8-20-27-21-23(25-13-14-26-24(21)33)32(20)15-16-9-11-17(12-10-16)18-6-4-5-7-19(18)22-28-30-31-29-22/h4-7,9-13H,2-3,8,14-15H2,1H3,(H,26,33)(H,28,29,30,31). The third-order valence-corrected chi connectivity index (χ3v) is 5.69. The summed E-state index contributed by atoms with van der Waals surface area (Å²) in [7, 11) is 0. The van der Waals surface area contributed by atoms with Gasteiger partial charge in [-0.05, 0) is 33.5 Å². The number of aliphatic imine (C=N–C) groups is 1. The van der Waals surface area contributed by atoms with Crippen molar-refractivity contribution in [3.8, 4) is 22.5 Å². The van der Waals surface area contributed by atoms with Gasteiger partial charge in [0, 0.05) is 18.2 Å². The minimum absolute atomic E-state index is 0.173. The summed E-state index contributed by atoms with van der Waals surface area (Å²) in [6.45, 7) is 3.16. The Labute approximate surface area is 191 Å². The molecule has 0 aliphatic carbocycles. The Kier molecular flexibility index (Phi) is 5.75. The third-order valence-electron chi connectivity index (χ3n) is 5.69. The Bertz CT molecular complexity index is 1290. The molecule has 0 radical (unpaired) electrons. The van der Waals surface area contributed by atoms with Gasteiger partial charge in [-0.1, -0.05) is 61.9 Å². The minimum atomic E-state index is -0.173. The molecule has 3 heterocycles. The fraction of sp³-hybridized carbons (Fsp3) is 0.250. The quantitative estimate of drug-likeness (QED) is 0.456. The molecular weight excluding hydrogens is 416 g/mol. The number of aromatic nitrogens is 6. The zero-order valence-corrected chi connectivity index (χ0v) is 18.3. The second-order valence-electron chi connectivity index (χ2n) is 7.90. The molecule has 33 heavy (non-hydrogen) atoms. The number of aryl methyl sites for hydroxylation is 1. The van der Waals surface area contributed by atoms with Crippen molar-refractivity contribution >= 4 is 17.9 Å². The summed E-state index contributed by atoms with van der Waals surface area (Å²) in [5.74, 6) is 1.98. The van der Waals surface area contributed by atoms with Gasteiger partial charge in [0.05, 0.1) is 13.1 Å². The molecule has 1 amide bonds. The van der Waals surface area contributed by atoms with Crippen molar-refractivity contribution in [3.63, 3.8) is 0 Å². The monoisotopic (exact) mass is 440 g/mol. The Morgan fingerprint density at radius 1 is 1.06 bits per heavy atom. The molecule has 0 saturated carbocycles. The van der Waals surface area contributed by atoms with Crippen LogP contribution in [0.3, 0.4) is 0 Å². The molecule has 4 aromatic rings. The lowest BCUT2D eigenvalue weighted by Gasteiger charge is -2.12. The molecule has 1 aliphatic heterocycles. The van der Waals surface area contributed by atoms with E-state index in [1.807, 2.05) is 18.2 Å². The summed E-state index contributed by atoms with van der Waals surface area (Å²) in [5.41, 5.74) is 4.57. The van der Waals surface area contributed by atoms with Gasteiger partial charge in [0.15, 0.2) is 17.3 Å². The highest BCUT2D eigenvalue weighted by atomic mass is 16.2. The molecule has 0 saturated heterocycles. The largest absolute Gasteiger partial charge is 0.346 e. The number of unbranched alkanes of at least 4 members (excludes halogenated alkanes) is 1. The molecule has 0 fully saturated rings. The smallest absolute Gasteiger partial charge is 0.274 e. The first kappa shape index (κ1) is 20.7. The van der Waals surface area contributed by atoms with E-state index in [9.17, 15) is 4.79 Å². The maximum absolute atomic E-state index is 12.4. The number of carbonyl (C=O) groups is 1. The predicted octanol–water partition coefficient (Wildman–Crippen LogP) is 3.57. The van der Waals surface area contributed by atoms with E-state index in [1.165, 1.54) is 0 Å². The van der Waals surface area contributed by atoms with Gasteiger partial charge in [0.25, 0.3) is 5.91 Å². The lowest BCUT2D eigenvalue weighted by Crippen LogP contribution is -2.24. The van der Waals surface area contributed by atoms with E-state index < -0.39 is 0 Å². The van der Waals surface area contributed by atoms with Crippen molar-refractivity contribution in [2.75, 3.05) is 6.54 Å². The summed E-state index contributed by atoms with van der Waals surface area (Å²) >= 11 is 0. The van der Waals surface area contributed by atoms with Crippen LogP contribution in [0.2, 0.25) is 0 Å². The van der Waals surface area contributed by atoms with Crippen LogP contribution in [0.5, 0.6) is 0 Å². The van der Waals surface area contributed by atoms with Gasteiger partial charge >= 0.3 is 0 Å². The summed E-state index contributed by atoms with van der Waals surface area (Å²) < 4.78 is 2.07. The van der Waals surface area contributed by atoms with Gasteiger partial charge in [0.2, 0.25) is 0 Å². The lowest BCUT2D eigenvalue weighted by molar-refractivity contribution is 0.0956. The number of H-pyrrole nitrogens is 1. The molecule has 166 valence electrons. The van der Waals surface area contributed by atoms with Crippen LogP contribution < -0.4 is 5.32 Å². The summed E-state index contributed by atoms with van der Waals surface area (Å²) in [6.07, 6.45) is 4.60. The molecule has 2 aromatic heterocycles. The van der Waals surface area contributed by atoms with Crippen molar-refractivity contribution in [3.05, 3.63) is 65.6 Å². The molecule has 0 spiro atoms. The van der Waals surface area contributed by atoms with Gasteiger partial charge in [-0.25, -0.2) is 15.1 Å². The number of amides is 1. The van der Waals surface area contributed by atoms with E-state index >= 15 is 0 Å². The summed E-state index contributed by atoms with van der Waals surface area (Å²) in [5, 5.41) is 17.1. The van der Waals surface area contributed by atoms with E-state index in [0.29, 0.717) is 30.4 Å². The maximum Gasteiger partial charge on any atom is 0.274 e. The number of nitrogens with one attached hydrogen (secondary N) is 2.